The molecule has 2 saturated carbocycles. The summed E-state index contributed by atoms with van der Waals surface area (Å²) in [4.78, 5) is 14.1. The van der Waals surface area contributed by atoms with Gasteiger partial charge in [-0.3, -0.25) is 4.79 Å². The number of carbonyl (C=O) groups excluding carboxylic acids is 1. The minimum atomic E-state index is 0. The quantitative estimate of drug-likeness (QED) is 0.711. The van der Waals surface area contributed by atoms with E-state index in [1.807, 2.05) is 14.1 Å². The summed E-state index contributed by atoms with van der Waals surface area (Å²) in [5, 5.41) is 3.09. The van der Waals surface area contributed by atoms with Crippen molar-refractivity contribution in [2.75, 3.05) is 20.6 Å². The van der Waals surface area contributed by atoms with Crippen molar-refractivity contribution in [2.45, 2.75) is 44.6 Å². The first-order valence-electron chi connectivity index (χ1n) is 6.64. The highest BCUT2D eigenvalue weighted by Gasteiger charge is 2.44. The van der Waals surface area contributed by atoms with Crippen LogP contribution in [-0.2, 0) is 4.79 Å². The molecule has 2 rings (SSSR count). The van der Waals surface area contributed by atoms with Gasteiger partial charge in [0.2, 0.25) is 5.91 Å². The molecule has 0 atom stereocenters. The van der Waals surface area contributed by atoms with Crippen molar-refractivity contribution >= 4 is 18.3 Å². The van der Waals surface area contributed by atoms with Gasteiger partial charge in [-0.1, -0.05) is 0 Å². The molecule has 1 N–H and O–H groups in total. The zero-order valence-corrected chi connectivity index (χ0v) is 11.8. The number of amides is 1. The highest BCUT2D eigenvalue weighted by Crippen LogP contribution is 2.46. The summed E-state index contributed by atoms with van der Waals surface area (Å²) in [6.07, 6.45) is 7.03. The molecular formula is C13H25ClN2O. The number of hydrogen-bond acceptors (Lipinski definition) is 2. The van der Waals surface area contributed by atoms with Gasteiger partial charge in [0, 0.05) is 19.5 Å². The van der Waals surface area contributed by atoms with Crippen molar-refractivity contribution in [1.82, 2.24) is 10.2 Å². The van der Waals surface area contributed by atoms with Crippen LogP contribution in [0.3, 0.4) is 0 Å². The molecule has 0 spiro atoms. The van der Waals surface area contributed by atoms with Crippen molar-refractivity contribution in [3.63, 3.8) is 0 Å². The Balaban J connectivity index is 0.00000144. The molecule has 2 aliphatic carbocycles. The molecule has 1 amide bonds. The van der Waals surface area contributed by atoms with Crippen molar-refractivity contribution in [3.8, 4) is 0 Å². The molecule has 3 nitrogen and oxygen atoms in total. The molecule has 17 heavy (non-hydrogen) atoms. The Morgan fingerprint density at radius 1 is 1.29 bits per heavy atom. The van der Waals surface area contributed by atoms with Crippen LogP contribution in [0.1, 0.15) is 38.5 Å². The number of carbonyl (C=O) groups is 1. The van der Waals surface area contributed by atoms with Gasteiger partial charge in [0.1, 0.15) is 0 Å². The molecule has 0 bridgehead atoms. The molecule has 2 aliphatic rings. The Morgan fingerprint density at radius 2 is 1.82 bits per heavy atom. The van der Waals surface area contributed by atoms with Gasteiger partial charge in [0.25, 0.3) is 0 Å². The Labute approximate surface area is 111 Å². The van der Waals surface area contributed by atoms with Crippen LogP contribution in [0.5, 0.6) is 0 Å². The predicted octanol–water partition coefficient (Wildman–Crippen LogP) is 2.05. The number of hydrogen-bond donors (Lipinski definition) is 1. The van der Waals surface area contributed by atoms with E-state index in [2.05, 4.69) is 10.2 Å². The van der Waals surface area contributed by atoms with E-state index in [1.54, 1.807) is 0 Å². The Hall–Kier alpha value is -0.280. The monoisotopic (exact) mass is 260 g/mol. The van der Waals surface area contributed by atoms with Crippen LogP contribution >= 0.6 is 12.4 Å². The van der Waals surface area contributed by atoms with Crippen molar-refractivity contribution in [3.05, 3.63) is 0 Å². The maximum absolute atomic E-state index is 12.0. The molecule has 0 aliphatic heterocycles. The van der Waals surface area contributed by atoms with Gasteiger partial charge in [-0.2, -0.15) is 0 Å². The van der Waals surface area contributed by atoms with Gasteiger partial charge in [0.05, 0.1) is 0 Å². The lowest BCUT2D eigenvalue weighted by molar-refractivity contribution is -0.132. The molecule has 4 heteroatoms. The lowest BCUT2D eigenvalue weighted by Gasteiger charge is -2.28. The third-order valence-electron chi connectivity index (χ3n) is 3.87. The average molecular weight is 261 g/mol. The van der Waals surface area contributed by atoms with Crippen molar-refractivity contribution in [2.24, 2.45) is 11.8 Å². The molecular weight excluding hydrogens is 236 g/mol. The van der Waals surface area contributed by atoms with E-state index in [-0.39, 0.29) is 12.4 Å². The van der Waals surface area contributed by atoms with E-state index >= 15 is 0 Å². The number of rotatable bonds is 7. The fourth-order valence-electron chi connectivity index (χ4n) is 2.65. The normalized spacial score (nSPS) is 19.0. The molecule has 0 aromatic heterocycles. The third kappa shape index (κ3) is 4.14. The molecule has 100 valence electrons. The highest BCUT2D eigenvalue weighted by atomic mass is 35.5. The summed E-state index contributed by atoms with van der Waals surface area (Å²) in [6, 6.07) is 0.571. The molecule has 0 unspecified atom stereocenters. The SMILES string of the molecule is CNCCCC(=O)N(C)C(C1CC1)C1CC1.Cl. The summed E-state index contributed by atoms with van der Waals surface area (Å²) in [7, 11) is 3.95. The predicted molar refractivity (Wildman–Crippen MR) is 72.4 cm³/mol. The van der Waals surface area contributed by atoms with E-state index in [0.29, 0.717) is 18.4 Å². The average Bonchev–Trinajstić information content (AvgIpc) is 3.12. The second-order valence-corrected chi connectivity index (χ2v) is 5.38. The molecule has 0 saturated heterocycles. The first-order valence-corrected chi connectivity index (χ1v) is 6.64. The van der Waals surface area contributed by atoms with E-state index < -0.39 is 0 Å². The van der Waals surface area contributed by atoms with Crippen LogP contribution in [0, 0.1) is 11.8 Å². The van der Waals surface area contributed by atoms with Crippen LogP contribution in [-0.4, -0.2) is 37.5 Å². The standard InChI is InChI=1S/C13H24N2O.ClH/c1-14-9-3-4-12(16)15(2)13(10-5-6-10)11-7-8-11;/h10-11,13-14H,3-9H2,1-2H3;1H. The van der Waals surface area contributed by atoms with Gasteiger partial charge in [0.15, 0.2) is 0 Å². The van der Waals surface area contributed by atoms with Crippen molar-refractivity contribution < 1.29 is 4.79 Å². The summed E-state index contributed by atoms with van der Waals surface area (Å²) >= 11 is 0. The zero-order valence-electron chi connectivity index (χ0n) is 10.9. The minimum Gasteiger partial charge on any atom is -0.342 e. The smallest absolute Gasteiger partial charge is 0.222 e. The van der Waals surface area contributed by atoms with Crippen LogP contribution in [0.2, 0.25) is 0 Å². The Kier molecular flexibility index (Phi) is 5.74. The molecule has 2 fully saturated rings. The van der Waals surface area contributed by atoms with E-state index in [9.17, 15) is 4.79 Å². The summed E-state index contributed by atoms with van der Waals surface area (Å²) in [5.74, 6) is 2.00. The summed E-state index contributed by atoms with van der Waals surface area (Å²) in [5.41, 5.74) is 0. The van der Waals surface area contributed by atoms with Crippen LogP contribution in [0.25, 0.3) is 0 Å². The van der Waals surface area contributed by atoms with Crippen LogP contribution < -0.4 is 5.32 Å². The Morgan fingerprint density at radius 3 is 2.24 bits per heavy atom. The second-order valence-electron chi connectivity index (χ2n) is 5.38. The number of nitrogens with zero attached hydrogens (tertiary/aromatic N) is 1. The lowest BCUT2D eigenvalue weighted by Crippen LogP contribution is -2.40. The fourth-order valence-corrected chi connectivity index (χ4v) is 2.65. The molecule has 0 aromatic carbocycles. The maximum Gasteiger partial charge on any atom is 0.222 e. The summed E-state index contributed by atoms with van der Waals surface area (Å²) in [6.45, 7) is 0.942. The topological polar surface area (TPSA) is 32.3 Å². The second kappa shape index (κ2) is 6.60. The minimum absolute atomic E-state index is 0. The largest absolute Gasteiger partial charge is 0.342 e. The zero-order chi connectivity index (χ0) is 11.5. The van der Waals surface area contributed by atoms with E-state index in [0.717, 1.165) is 24.8 Å². The van der Waals surface area contributed by atoms with E-state index in [1.165, 1.54) is 25.7 Å². The highest BCUT2D eigenvalue weighted by molar-refractivity contribution is 5.85. The molecule has 0 radical (unpaired) electrons. The first-order chi connectivity index (χ1) is 7.74. The molecule has 0 heterocycles. The van der Waals surface area contributed by atoms with Gasteiger partial charge < -0.3 is 10.2 Å². The van der Waals surface area contributed by atoms with Gasteiger partial charge in [-0.15, -0.1) is 12.4 Å². The Bertz CT molecular complexity index is 240. The van der Waals surface area contributed by atoms with Crippen LogP contribution in [0.15, 0.2) is 0 Å². The van der Waals surface area contributed by atoms with Crippen LogP contribution in [0.4, 0.5) is 0 Å². The van der Waals surface area contributed by atoms with Gasteiger partial charge in [-0.25, -0.2) is 0 Å². The fraction of sp³-hybridized carbons (Fsp3) is 0.923. The third-order valence-corrected chi connectivity index (χ3v) is 3.87. The molecule has 0 aromatic rings. The van der Waals surface area contributed by atoms with E-state index in [4.69, 9.17) is 0 Å². The van der Waals surface area contributed by atoms with Crippen molar-refractivity contribution in [1.29, 1.82) is 0 Å². The maximum atomic E-state index is 12.0. The van der Waals surface area contributed by atoms with Gasteiger partial charge >= 0.3 is 0 Å². The summed E-state index contributed by atoms with van der Waals surface area (Å²) < 4.78 is 0. The number of nitrogens with one attached hydrogen (secondary N) is 1. The number of halogens is 1. The van der Waals surface area contributed by atoms with Gasteiger partial charge in [-0.05, 0) is 57.5 Å². The lowest BCUT2D eigenvalue weighted by atomic mass is 10.1. The first kappa shape index (κ1) is 14.8.